The molecular weight excluding hydrogens is 370 g/mol. The third kappa shape index (κ3) is 4.59. The van der Waals surface area contributed by atoms with Crippen molar-refractivity contribution >= 4 is 29.3 Å². The van der Waals surface area contributed by atoms with Gasteiger partial charge in [0.25, 0.3) is 0 Å². The highest BCUT2D eigenvalue weighted by atomic mass is 16.5. The number of Topliss-reactive ketones (excluding diaryl/α,β-unsaturated/α-hetero) is 1. The molecule has 0 unspecified atom stereocenters. The van der Waals surface area contributed by atoms with Crippen LogP contribution in [0.15, 0.2) is 48.5 Å². The summed E-state index contributed by atoms with van der Waals surface area (Å²) in [6.07, 6.45) is 1.34. The highest BCUT2D eigenvalue weighted by Crippen LogP contribution is 2.24. The minimum Gasteiger partial charge on any atom is -0.454 e. The second kappa shape index (κ2) is 8.82. The smallest absolute Gasteiger partial charge is 0.338 e. The summed E-state index contributed by atoms with van der Waals surface area (Å²) in [6, 6.07) is 13.4. The van der Waals surface area contributed by atoms with E-state index >= 15 is 0 Å². The van der Waals surface area contributed by atoms with Crippen LogP contribution < -0.4 is 4.90 Å². The number of imide groups is 1. The Balaban J connectivity index is 1.63. The Morgan fingerprint density at radius 2 is 1.66 bits per heavy atom. The maximum Gasteiger partial charge on any atom is 0.338 e. The van der Waals surface area contributed by atoms with Crippen LogP contribution in [0.1, 0.15) is 65.3 Å². The van der Waals surface area contributed by atoms with E-state index in [2.05, 4.69) is 13.8 Å². The molecule has 2 aromatic carbocycles. The number of esters is 1. The van der Waals surface area contributed by atoms with Crippen LogP contribution >= 0.6 is 0 Å². The van der Waals surface area contributed by atoms with Gasteiger partial charge in [0, 0.05) is 18.4 Å². The molecule has 6 nitrogen and oxygen atoms in total. The minimum absolute atomic E-state index is 0.165. The highest BCUT2D eigenvalue weighted by Gasteiger charge is 2.30. The predicted octanol–water partition coefficient (Wildman–Crippen LogP) is 3.89. The summed E-state index contributed by atoms with van der Waals surface area (Å²) in [4.78, 5) is 49.5. The third-order valence-electron chi connectivity index (χ3n) is 5.14. The molecule has 0 aromatic heterocycles. The van der Waals surface area contributed by atoms with Crippen molar-refractivity contribution in [3.63, 3.8) is 0 Å². The van der Waals surface area contributed by atoms with Gasteiger partial charge >= 0.3 is 5.97 Å². The van der Waals surface area contributed by atoms with Crippen molar-refractivity contribution in [1.29, 1.82) is 0 Å². The summed E-state index contributed by atoms with van der Waals surface area (Å²) in [5.74, 6) is -1.16. The van der Waals surface area contributed by atoms with Gasteiger partial charge in [-0.3, -0.25) is 19.3 Å². The molecule has 1 fully saturated rings. The van der Waals surface area contributed by atoms with Crippen LogP contribution in [0.5, 0.6) is 0 Å². The maximum absolute atomic E-state index is 12.3. The molecule has 2 aromatic rings. The number of nitrogens with zero attached hydrogens (tertiary/aromatic N) is 1. The van der Waals surface area contributed by atoms with E-state index in [4.69, 9.17) is 4.74 Å². The first-order chi connectivity index (χ1) is 13.9. The predicted molar refractivity (Wildman–Crippen MR) is 108 cm³/mol. The Morgan fingerprint density at radius 3 is 2.28 bits per heavy atom. The fourth-order valence-corrected chi connectivity index (χ4v) is 3.17. The lowest BCUT2D eigenvalue weighted by Crippen LogP contribution is -2.28. The number of amides is 2. The molecule has 3 rings (SSSR count). The topological polar surface area (TPSA) is 80.8 Å². The third-order valence-corrected chi connectivity index (χ3v) is 5.14. The van der Waals surface area contributed by atoms with E-state index in [9.17, 15) is 19.2 Å². The van der Waals surface area contributed by atoms with Gasteiger partial charge in [0.1, 0.15) is 0 Å². The van der Waals surface area contributed by atoms with E-state index in [0.717, 1.165) is 16.9 Å². The largest absolute Gasteiger partial charge is 0.454 e. The van der Waals surface area contributed by atoms with E-state index in [1.165, 1.54) is 12.1 Å². The van der Waals surface area contributed by atoms with Crippen LogP contribution in [-0.2, 0) is 14.3 Å². The molecule has 150 valence electrons. The number of anilines is 1. The first-order valence-electron chi connectivity index (χ1n) is 9.66. The zero-order valence-corrected chi connectivity index (χ0v) is 16.5. The van der Waals surface area contributed by atoms with Crippen molar-refractivity contribution in [2.24, 2.45) is 0 Å². The molecule has 6 heteroatoms. The fourth-order valence-electron chi connectivity index (χ4n) is 3.17. The number of rotatable bonds is 7. The zero-order valence-electron chi connectivity index (χ0n) is 16.5. The molecule has 1 aliphatic rings. The van der Waals surface area contributed by atoms with Gasteiger partial charge in [-0.1, -0.05) is 44.2 Å². The van der Waals surface area contributed by atoms with Gasteiger partial charge in [0.15, 0.2) is 12.4 Å². The summed E-state index contributed by atoms with van der Waals surface area (Å²) in [6.45, 7) is 3.84. The van der Waals surface area contributed by atoms with Gasteiger partial charge < -0.3 is 4.74 Å². The molecule has 1 aliphatic heterocycles. The number of hydrogen-bond acceptors (Lipinski definition) is 5. The molecule has 1 heterocycles. The van der Waals surface area contributed by atoms with Gasteiger partial charge in [-0.25, -0.2) is 4.79 Å². The summed E-state index contributed by atoms with van der Waals surface area (Å²) < 4.78 is 5.14. The first-order valence-corrected chi connectivity index (χ1v) is 9.66. The lowest BCUT2D eigenvalue weighted by atomic mass is 9.97. The van der Waals surface area contributed by atoms with Crippen molar-refractivity contribution in [2.45, 2.75) is 39.0 Å². The van der Waals surface area contributed by atoms with E-state index in [0.29, 0.717) is 17.2 Å². The van der Waals surface area contributed by atoms with Crippen molar-refractivity contribution < 1.29 is 23.9 Å². The quantitative estimate of drug-likeness (QED) is 0.405. The van der Waals surface area contributed by atoms with Crippen LogP contribution in [0.2, 0.25) is 0 Å². The SMILES string of the molecule is CC[C@@H](C)c1ccc(C(=O)COC(=O)c2cccc(N3C(=O)CCC3=O)c2)cc1. The van der Waals surface area contributed by atoms with E-state index < -0.39 is 5.97 Å². The number of carbonyl (C=O) groups is 4. The normalized spacial score (nSPS) is 14.8. The van der Waals surface area contributed by atoms with Gasteiger partial charge in [-0.2, -0.15) is 0 Å². The summed E-state index contributed by atoms with van der Waals surface area (Å²) >= 11 is 0. The minimum atomic E-state index is -0.685. The number of carbonyl (C=O) groups excluding carboxylic acids is 4. The molecule has 29 heavy (non-hydrogen) atoms. The highest BCUT2D eigenvalue weighted by molar-refractivity contribution is 6.20. The molecule has 0 saturated carbocycles. The Labute approximate surface area is 169 Å². The van der Waals surface area contributed by atoms with Crippen LogP contribution in [0.3, 0.4) is 0 Å². The Hall–Kier alpha value is -3.28. The van der Waals surface area contributed by atoms with Crippen LogP contribution in [-0.4, -0.2) is 30.2 Å². The van der Waals surface area contributed by atoms with Gasteiger partial charge in [0.05, 0.1) is 11.3 Å². The lowest BCUT2D eigenvalue weighted by molar-refractivity contribution is -0.121. The fraction of sp³-hybridized carbons (Fsp3) is 0.304. The molecule has 0 N–H and O–H groups in total. The van der Waals surface area contributed by atoms with Gasteiger partial charge in [-0.15, -0.1) is 0 Å². The zero-order chi connectivity index (χ0) is 21.0. The van der Waals surface area contributed by atoms with E-state index in [1.54, 1.807) is 24.3 Å². The van der Waals surface area contributed by atoms with E-state index in [1.807, 2.05) is 12.1 Å². The standard InChI is InChI=1S/C23H23NO5/c1-3-15(2)16-7-9-17(10-8-16)20(25)14-29-23(28)18-5-4-6-19(13-18)24-21(26)11-12-22(24)27/h4-10,13,15H,3,11-12,14H2,1-2H3/t15-/m1/s1. The average Bonchev–Trinajstić information content (AvgIpc) is 3.09. The molecule has 1 atom stereocenters. The van der Waals surface area contributed by atoms with Crippen LogP contribution in [0.25, 0.3) is 0 Å². The molecule has 0 spiro atoms. The second-order valence-corrected chi connectivity index (χ2v) is 7.10. The number of ketones is 1. The van der Waals surface area contributed by atoms with Crippen LogP contribution in [0, 0.1) is 0 Å². The Bertz CT molecular complexity index is 932. The molecular formula is C23H23NO5. The second-order valence-electron chi connectivity index (χ2n) is 7.10. The van der Waals surface area contributed by atoms with Gasteiger partial charge in [0.2, 0.25) is 11.8 Å². The number of hydrogen-bond donors (Lipinski definition) is 0. The summed E-state index contributed by atoms with van der Waals surface area (Å²) in [5.41, 5.74) is 2.14. The Kier molecular flexibility index (Phi) is 6.22. The number of ether oxygens (including phenoxy) is 1. The first kappa shape index (κ1) is 20.5. The average molecular weight is 393 g/mol. The van der Waals surface area contributed by atoms with Crippen molar-refractivity contribution in [2.75, 3.05) is 11.5 Å². The maximum atomic E-state index is 12.3. The molecule has 1 saturated heterocycles. The molecule has 0 aliphatic carbocycles. The molecule has 2 amide bonds. The Morgan fingerprint density at radius 1 is 1.00 bits per heavy atom. The molecule has 0 radical (unpaired) electrons. The lowest BCUT2D eigenvalue weighted by Gasteiger charge is -2.14. The summed E-state index contributed by atoms with van der Waals surface area (Å²) in [7, 11) is 0. The number of benzene rings is 2. The van der Waals surface area contributed by atoms with Crippen molar-refractivity contribution in [1.82, 2.24) is 0 Å². The van der Waals surface area contributed by atoms with Crippen molar-refractivity contribution in [3.05, 3.63) is 65.2 Å². The van der Waals surface area contributed by atoms with Crippen LogP contribution in [0.4, 0.5) is 5.69 Å². The monoisotopic (exact) mass is 393 g/mol. The van der Waals surface area contributed by atoms with Gasteiger partial charge in [-0.05, 0) is 36.1 Å². The van der Waals surface area contributed by atoms with Crippen molar-refractivity contribution in [3.8, 4) is 0 Å². The summed E-state index contributed by atoms with van der Waals surface area (Å²) in [5, 5.41) is 0. The van der Waals surface area contributed by atoms with E-state index in [-0.39, 0.29) is 42.6 Å². The molecule has 0 bridgehead atoms.